The second-order valence-electron chi connectivity index (χ2n) is 16.5. The number of piperidine rings is 1. The van der Waals surface area contributed by atoms with Gasteiger partial charge in [-0.1, -0.05) is 31.4 Å². The van der Waals surface area contributed by atoms with E-state index in [1.54, 1.807) is 61.6 Å². The van der Waals surface area contributed by atoms with Gasteiger partial charge in [0.1, 0.15) is 0 Å². The van der Waals surface area contributed by atoms with Gasteiger partial charge >= 0.3 is 0 Å². The first kappa shape index (κ1) is 48.5. The fourth-order valence-electron chi connectivity index (χ4n) is 8.56. The van der Waals surface area contributed by atoms with Crippen LogP contribution in [0.15, 0.2) is 54.6 Å². The Morgan fingerprint density at radius 1 is 0.877 bits per heavy atom. The molecule has 3 aromatic rings. The van der Waals surface area contributed by atoms with Crippen LogP contribution in [0.5, 0.6) is 11.5 Å². The number of piperazine rings is 1. The summed E-state index contributed by atoms with van der Waals surface area (Å²) in [7, 11) is 1.87. The van der Waals surface area contributed by atoms with Gasteiger partial charge in [-0.25, -0.2) is 0 Å². The van der Waals surface area contributed by atoms with Crippen LogP contribution in [0.1, 0.15) is 96.2 Å². The molecule has 0 saturated carbocycles. The van der Waals surface area contributed by atoms with Crippen LogP contribution in [0.25, 0.3) is 0 Å². The van der Waals surface area contributed by atoms with Gasteiger partial charge in [0.2, 0.25) is 23.6 Å². The third-order valence-corrected chi connectivity index (χ3v) is 12.7. The Balaban J connectivity index is 0.888. The van der Waals surface area contributed by atoms with Gasteiger partial charge in [0, 0.05) is 85.8 Å². The number of benzene rings is 3. The summed E-state index contributed by atoms with van der Waals surface area (Å²) in [6, 6.07) is 14.3. The Bertz CT molecular complexity index is 2310. The van der Waals surface area contributed by atoms with E-state index in [9.17, 15) is 33.0 Å². The van der Waals surface area contributed by atoms with Crippen molar-refractivity contribution in [2.45, 2.75) is 64.3 Å². The Morgan fingerprint density at radius 2 is 1.62 bits per heavy atom. The van der Waals surface area contributed by atoms with E-state index in [0.717, 1.165) is 63.3 Å². The molecule has 2 fully saturated rings. The van der Waals surface area contributed by atoms with Crippen LogP contribution in [0.4, 0.5) is 17.1 Å². The van der Waals surface area contributed by atoms with E-state index in [2.05, 4.69) is 31.1 Å². The molecule has 17 nitrogen and oxygen atoms in total. The van der Waals surface area contributed by atoms with Crippen molar-refractivity contribution in [3.8, 4) is 11.5 Å². The molecule has 2 saturated heterocycles. The highest BCUT2D eigenvalue weighted by molar-refractivity contribution is 7.84. The minimum Gasteiger partial charge on any atom is -0.493 e. The average Bonchev–Trinajstić information content (AvgIpc) is 3.54. The van der Waals surface area contributed by atoms with Crippen LogP contribution in [0, 0.1) is 11.3 Å². The summed E-state index contributed by atoms with van der Waals surface area (Å²) < 4.78 is 23.7. The Morgan fingerprint density at radius 3 is 2.32 bits per heavy atom. The zero-order valence-electron chi connectivity index (χ0n) is 37.6. The lowest BCUT2D eigenvalue weighted by atomic mass is 9.88. The minimum atomic E-state index is -1.36. The maximum atomic E-state index is 14.0. The first-order valence-corrected chi connectivity index (χ1v) is 23.9. The van der Waals surface area contributed by atoms with Crippen LogP contribution in [0.3, 0.4) is 0 Å². The number of ether oxygens (including phenoxy) is 2. The summed E-state index contributed by atoms with van der Waals surface area (Å²) >= 11 is 0. The minimum absolute atomic E-state index is 0.0204. The number of fused-ring (bicyclic) bond motifs is 1. The van der Waals surface area contributed by atoms with Gasteiger partial charge in [-0.2, -0.15) is 0 Å². The summed E-state index contributed by atoms with van der Waals surface area (Å²) in [6.07, 6.45) is 6.84. The molecule has 0 bridgehead atoms. The molecule has 3 heterocycles. The summed E-state index contributed by atoms with van der Waals surface area (Å²) in [6.45, 7) is 6.68. The van der Waals surface area contributed by atoms with Crippen molar-refractivity contribution in [2.75, 3.05) is 88.0 Å². The number of imide groups is 2. The number of hydrogen-bond donors (Lipinski definition) is 5. The maximum Gasteiger partial charge on any atom is 0.264 e. The topological polar surface area (TPSA) is 220 Å². The van der Waals surface area contributed by atoms with E-state index >= 15 is 0 Å². The second kappa shape index (κ2) is 22.8. The van der Waals surface area contributed by atoms with Crippen molar-refractivity contribution in [3.05, 3.63) is 76.9 Å². The molecule has 3 atom stereocenters. The number of carbonyl (C=O) groups is 6. The van der Waals surface area contributed by atoms with Gasteiger partial charge in [-0.05, 0) is 80.8 Å². The molecule has 18 heteroatoms. The quantitative estimate of drug-likeness (QED) is 0.0522. The molecule has 5 N–H and O–H groups in total. The number of carbonyl (C=O) groups excluding carboxylic acids is 6. The van der Waals surface area contributed by atoms with Crippen molar-refractivity contribution >= 4 is 69.0 Å². The van der Waals surface area contributed by atoms with Gasteiger partial charge in [-0.3, -0.25) is 48.1 Å². The molecule has 3 aromatic carbocycles. The van der Waals surface area contributed by atoms with Gasteiger partial charge in [0.15, 0.2) is 11.5 Å². The van der Waals surface area contributed by atoms with Crippen molar-refractivity contribution in [1.29, 1.82) is 5.41 Å². The average molecular weight is 913 g/mol. The zero-order valence-corrected chi connectivity index (χ0v) is 38.4. The molecule has 6 amide bonds. The molecule has 0 aliphatic carbocycles. The third kappa shape index (κ3) is 12.2. The number of anilines is 3. The predicted molar refractivity (Wildman–Crippen MR) is 249 cm³/mol. The summed E-state index contributed by atoms with van der Waals surface area (Å²) in [5.41, 5.74) is 3.01. The fraction of sp³-hybridized carbons (Fsp3) is 0.468. The van der Waals surface area contributed by atoms with Crippen LogP contribution >= 0.6 is 0 Å². The van der Waals surface area contributed by atoms with Gasteiger partial charge < -0.3 is 35.7 Å². The van der Waals surface area contributed by atoms with Gasteiger partial charge in [-0.15, -0.1) is 0 Å². The Kier molecular flexibility index (Phi) is 17.0. The van der Waals surface area contributed by atoms with E-state index < -0.39 is 40.5 Å². The van der Waals surface area contributed by atoms with Crippen LogP contribution in [-0.2, 0) is 30.0 Å². The SMILES string of the molecule is CCOc1cc(C(CS(C)=O)N2C(=O)c3cccc(NC(=O)CCCCCCCN4CCN(CC(=O)Nc5ccc(C(=N)C6CCC(=O)NC6=O)c(NC)c5)CC4)c3C2=O)ccc1OC. The molecule has 3 aliphatic heterocycles. The van der Waals surface area contributed by atoms with Gasteiger partial charge in [0.25, 0.3) is 11.8 Å². The van der Waals surface area contributed by atoms with E-state index in [0.29, 0.717) is 47.0 Å². The zero-order chi connectivity index (χ0) is 46.6. The summed E-state index contributed by atoms with van der Waals surface area (Å²) in [4.78, 5) is 83.4. The predicted octanol–water partition coefficient (Wildman–Crippen LogP) is 4.81. The Labute approximate surface area is 382 Å². The molecular formula is C47H60N8O9S. The summed E-state index contributed by atoms with van der Waals surface area (Å²) in [5.74, 6) is -2.00. The normalized spacial score (nSPS) is 17.5. The van der Waals surface area contributed by atoms with Gasteiger partial charge in [0.05, 0.1) is 54.7 Å². The van der Waals surface area contributed by atoms with E-state index in [1.807, 2.05) is 6.92 Å². The molecule has 348 valence electrons. The molecule has 3 aliphatic rings. The number of methoxy groups -OCH3 is 1. The number of rotatable bonds is 22. The number of nitrogens with zero attached hydrogens (tertiary/aromatic N) is 3. The lowest BCUT2D eigenvalue weighted by Gasteiger charge is -2.34. The lowest BCUT2D eigenvalue weighted by Crippen LogP contribution is -2.48. The van der Waals surface area contributed by atoms with Crippen molar-refractivity contribution in [3.63, 3.8) is 0 Å². The fourth-order valence-corrected chi connectivity index (χ4v) is 9.35. The molecule has 0 spiro atoms. The van der Waals surface area contributed by atoms with Crippen LogP contribution < -0.4 is 30.7 Å². The first-order valence-electron chi connectivity index (χ1n) is 22.2. The molecule has 6 rings (SSSR count). The van der Waals surface area contributed by atoms with E-state index in [4.69, 9.17) is 14.9 Å². The third-order valence-electron chi connectivity index (χ3n) is 12.0. The smallest absolute Gasteiger partial charge is 0.264 e. The number of hydrogen-bond acceptors (Lipinski definition) is 13. The molecule has 65 heavy (non-hydrogen) atoms. The Hall–Kier alpha value is -5.98. The van der Waals surface area contributed by atoms with Crippen LogP contribution in [-0.4, -0.2) is 132 Å². The highest BCUT2D eigenvalue weighted by Gasteiger charge is 2.43. The number of nitrogens with one attached hydrogen (secondary N) is 5. The van der Waals surface area contributed by atoms with Crippen molar-refractivity contribution in [1.82, 2.24) is 20.0 Å². The number of amides is 6. The van der Waals surface area contributed by atoms with E-state index in [-0.39, 0.29) is 71.8 Å². The largest absolute Gasteiger partial charge is 0.493 e. The molecule has 0 aromatic heterocycles. The van der Waals surface area contributed by atoms with Crippen LogP contribution in [0.2, 0.25) is 0 Å². The second-order valence-corrected chi connectivity index (χ2v) is 17.9. The van der Waals surface area contributed by atoms with Crippen molar-refractivity contribution < 1.29 is 42.4 Å². The van der Waals surface area contributed by atoms with Crippen molar-refractivity contribution in [2.24, 2.45) is 5.92 Å². The molecule has 3 unspecified atom stereocenters. The maximum absolute atomic E-state index is 14.0. The monoisotopic (exact) mass is 912 g/mol. The highest BCUT2D eigenvalue weighted by atomic mass is 32.2. The molecule has 0 radical (unpaired) electrons. The summed E-state index contributed by atoms with van der Waals surface area (Å²) in [5, 5.41) is 19.8. The lowest BCUT2D eigenvalue weighted by molar-refractivity contribution is -0.134. The number of unbranched alkanes of at least 4 members (excludes halogenated alkanes) is 4. The van der Waals surface area contributed by atoms with E-state index in [1.165, 1.54) is 13.4 Å². The highest BCUT2D eigenvalue weighted by Crippen LogP contribution is 2.38. The standard InChI is InChI=1S/C47H60N8O9S/c1-5-64-39-26-30(15-19-38(39)63-3)37(29-65(4)62)55-46(60)33-12-11-13-35(43(33)47(55)61)51-40(56)14-9-7-6-8-10-21-53-22-24-54(25-23-53)28-42(58)50-31-16-17-32(36(27-31)49-2)44(48)34-18-20-41(57)52-45(34)59/h11-13,15-17,19,26-27,34,37,48-49H,5-10,14,18,20-25,28-29H2,1-4H3,(H,50,58)(H,51,56)(H,52,57,59). The molecular weight excluding hydrogens is 853 g/mol. The first-order chi connectivity index (χ1) is 31.3.